The van der Waals surface area contributed by atoms with E-state index >= 15 is 0 Å². The second-order valence-electron chi connectivity index (χ2n) is 4.37. The van der Waals surface area contributed by atoms with Crippen molar-refractivity contribution in [3.8, 4) is 0 Å². The van der Waals surface area contributed by atoms with E-state index in [4.69, 9.17) is 12.2 Å². The molecule has 2 N–H and O–H groups in total. The van der Waals surface area contributed by atoms with E-state index in [-0.39, 0.29) is 10.0 Å². The Kier molecular flexibility index (Phi) is 5.54. The van der Waals surface area contributed by atoms with Crippen LogP contribution in [0.15, 0.2) is 50.5 Å². The van der Waals surface area contributed by atoms with Crippen LogP contribution in [0, 0.1) is 6.92 Å². The molecule has 2 rings (SSSR count). The summed E-state index contributed by atoms with van der Waals surface area (Å²) in [5.41, 5.74) is 1.58. The third kappa shape index (κ3) is 4.73. The average Bonchev–Trinajstić information content (AvgIpc) is 2.36. The van der Waals surface area contributed by atoms with Crippen LogP contribution >= 0.6 is 44.1 Å². The normalized spacial score (nSPS) is 11.0. The Hall–Kier alpha value is -1.03. The summed E-state index contributed by atoms with van der Waals surface area (Å²) in [6, 6.07) is 9.86. The minimum absolute atomic E-state index is 0.0226. The lowest BCUT2D eigenvalue weighted by Gasteiger charge is -2.11. The third-order valence-corrected chi connectivity index (χ3v) is 5.09. The number of halogens is 2. The number of rotatable bonds is 3. The average molecular weight is 465 g/mol. The molecule has 22 heavy (non-hydrogen) atoms. The quantitative estimate of drug-likeness (QED) is 0.536. The Bertz CT molecular complexity index is 788. The highest BCUT2D eigenvalue weighted by Gasteiger charge is 2.15. The molecule has 1 heterocycles. The van der Waals surface area contributed by atoms with Crippen LogP contribution < -0.4 is 10.0 Å². The lowest BCUT2D eigenvalue weighted by Crippen LogP contribution is -2.34. The van der Waals surface area contributed by atoms with Crippen LogP contribution in [0.5, 0.6) is 0 Å². The summed E-state index contributed by atoms with van der Waals surface area (Å²) in [6.07, 6.45) is 0. The monoisotopic (exact) mass is 463 g/mol. The number of aryl methyl sites for hydroxylation is 1. The predicted molar refractivity (Wildman–Crippen MR) is 97.4 cm³/mol. The van der Waals surface area contributed by atoms with Gasteiger partial charge in [0.25, 0.3) is 10.0 Å². The van der Waals surface area contributed by atoms with Crippen molar-refractivity contribution in [1.82, 2.24) is 9.71 Å². The molecule has 0 atom stereocenters. The summed E-state index contributed by atoms with van der Waals surface area (Å²) >= 11 is 11.5. The predicted octanol–water partition coefficient (Wildman–Crippen LogP) is 3.59. The second-order valence-corrected chi connectivity index (χ2v) is 8.09. The summed E-state index contributed by atoms with van der Waals surface area (Å²) < 4.78 is 27.9. The van der Waals surface area contributed by atoms with Crippen LogP contribution in [0.25, 0.3) is 0 Å². The van der Waals surface area contributed by atoms with Crippen molar-refractivity contribution < 1.29 is 8.42 Å². The van der Waals surface area contributed by atoms with Crippen molar-refractivity contribution in [2.24, 2.45) is 0 Å². The molecule has 0 amide bonds. The Labute approximate surface area is 150 Å². The van der Waals surface area contributed by atoms with E-state index < -0.39 is 10.0 Å². The van der Waals surface area contributed by atoms with Crippen LogP contribution in [0.4, 0.5) is 5.69 Å². The molecule has 9 heteroatoms. The van der Waals surface area contributed by atoms with Crippen molar-refractivity contribution in [3.05, 3.63) is 51.2 Å². The van der Waals surface area contributed by atoms with Crippen LogP contribution in [-0.2, 0) is 10.0 Å². The number of anilines is 1. The van der Waals surface area contributed by atoms with Gasteiger partial charge in [0.15, 0.2) is 5.11 Å². The maximum Gasteiger partial charge on any atom is 0.263 e. The minimum Gasteiger partial charge on any atom is -0.332 e. The molecule has 0 unspecified atom stereocenters. The fraction of sp³-hybridized carbons (Fsp3) is 0.0769. The van der Waals surface area contributed by atoms with Gasteiger partial charge in [-0.3, -0.25) is 4.72 Å². The van der Waals surface area contributed by atoms with Gasteiger partial charge in [-0.1, -0.05) is 17.7 Å². The molecular formula is C13H11Br2N3O2S2. The molecule has 0 saturated carbocycles. The molecule has 0 aliphatic rings. The maximum atomic E-state index is 12.2. The highest BCUT2D eigenvalue weighted by Crippen LogP contribution is 2.19. The number of aromatic nitrogens is 1. The van der Waals surface area contributed by atoms with E-state index in [1.807, 2.05) is 6.92 Å². The number of pyridine rings is 1. The van der Waals surface area contributed by atoms with Gasteiger partial charge in [-0.15, -0.1) is 0 Å². The first kappa shape index (κ1) is 17.3. The topological polar surface area (TPSA) is 71.1 Å². The van der Waals surface area contributed by atoms with Gasteiger partial charge < -0.3 is 5.32 Å². The highest BCUT2D eigenvalue weighted by atomic mass is 79.9. The Balaban J connectivity index is 2.12. The standard InChI is InChI=1S/C13H11Br2N3O2S2/c1-8-2-4-10(5-3-8)22(19,20)18-13(21)16-9-6-11(14)17-12(15)7-9/h2-7H,1H3,(H2,16,17,18,21). The maximum absolute atomic E-state index is 12.2. The summed E-state index contributed by atoms with van der Waals surface area (Å²) in [5.74, 6) is 0. The number of hydrogen-bond acceptors (Lipinski definition) is 4. The molecule has 2 aromatic rings. The molecule has 0 aliphatic heterocycles. The van der Waals surface area contributed by atoms with Gasteiger partial charge in [0.05, 0.1) is 4.90 Å². The fourth-order valence-corrected chi connectivity index (χ4v) is 4.06. The molecule has 0 bridgehead atoms. The third-order valence-electron chi connectivity index (χ3n) is 2.58. The number of thiocarbonyl (C=S) groups is 1. The van der Waals surface area contributed by atoms with Gasteiger partial charge in [-0.25, -0.2) is 13.4 Å². The lowest BCUT2D eigenvalue weighted by molar-refractivity contribution is 0.593. The summed E-state index contributed by atoms with van der Waals surface area (Å²) in [5, 5.41) is 2.78. The zero-order chi connectivity index (χ0) is 16.3. The van der Waals surface area contributed by atoms with E-state index in [9.17, 15) is 8.42 Å². The van der Waals surface area contributed by atoms with Gasteiger partial charge in [-0.05, 0) is 75.3 Å². The Morgan fingerprint density at radius 2 is 1.68 bits per heavy atom. The summed E-state index contributed by atoms with van der Waals surface area (Å²) in [6.45, 7) is 1.88. The molecular weight excluding hydrogens is 454 g/mol. The van der Waals surface area contributed by atoms with E-state index in [1.165, 1.54) is 12.1 Å². The van der Waals surface area contributed by atoms with Crippen LogP contribution in [0.2, 0.25) is 0 Å². The van der Waals surface area contributed by atoms with Gasteiger partial charge in [0, 0.05) is 5.69 Å². The second kappa shape index (κ2) is 7.03. The van der Waals surface area contributed by atoms with Crippen LogP contribution in [0.3, 0.4) is 0 Å². The first-order valence-corrected chi connectivity index (χ1v) is 9.47. The zero-order valence-electron chi connectivity index (χ0n) is 11.3. The number of benzene rings is 1. The zero-order valence-corrected chi connectivity index (χ0v) is 16.1. The van der Waals surface area contributed by atoms with Crippen molar-refractivity contribution >= 4 is 64.9 Å². The van der Waals surface area contributed by atoms with E-state index in [0.29, 0.717) is 14.9 Å². The van der Waals surface area contributed by atoms with Crippen LogP contribution in [0.1, 0.15) is 5.56 Å². The van der Waals surface area contributed by atoms with Crippen LogP contribution in [-0.4, -0.2) is 18.5 Å². The van der Waals surface area contributed by atoms with Gasteiger partial charge >= 0.3 is 0 Å². The number of nitrogens with one attached hydrogen (secondary N) is 2. The van der Waals surface area contributed by atoms with Crippen molar-refractivity contribution in [2.45, 2.75) is 11.8 Å². The van der Waals surface area contributed by atoms with E-state index in [2.05, 4.69) is 46.9 Å². The largest absolute Gasteiger partial charge is 0.332 e. The minimum atomic E-state index is -3.71. The van der Waals surface area contributed by atoms with Crippen molar-refractivity contribution in [1.29, 1.82) is 0 Å². The highest BCUT2D eigenvalue weighted by molar-refractivity contribution is 9.11. The first-order valence-electron chi connectivity index (χ1n) is 6.00. The molecule has 5 nitrogen and oxygen atoms in total. The Morgan fingerprint density at radius 3 is 2.23 bits per heavy atom. The smallest absolute Gasteiger partial charge is 0.263 e. The molecule has 0 spiro atoms. The molecule has 1 aromatic heterocycles. The number of nitrogens with zero attached hydrogens (tertiary/aromatic N) is 1. The van der Waals surface area contributed by atoms with Gasteiger partial charge in [-0.2, -0.15) is 0 Å². The van der Waals surface area contributed by atoms with Crippen molar-refractivity contribution in [3.63, 3.8) is 0 Å². The van der Waals surface area contributed by atoms with Gasteiger partial charge in [0.2, 0.25) is 0 Å². The fourth-order valence-electron chi connectivity index (χ4n) is 1.59. The Morgan fingerprint density at radius 1 is 1.14 bits per heavy atom. The molecule has 1 aromatic carbocycles. The number of sulfonamides is 1. The lowest BCUT2D eigenvalue weighted by atomic mass is 10.2. The van der Waals surface area contributed by atoms with E-state index in [0.717, 1.165) is 5.56 Å². The molecule has 0 radical (unpaired) electrons. The molecule has 116 valence electrons. The first-order chi connectivity index (χ1) is 10.3. The molecule has 0 aliphatic carbocycles. The SMILES string of the molecule is Cc1ccc(S(=O)(=O)NC(=S)Nc2cc(Br)nc(Br)c2)cc1. The number of hydrogen-bond donors (Lipinski definition) is 2. The molecule has 0 fully saturated rings. The van der Waals surface area contributed by atoms with E-state index in [1.54, 1.807) is 24.3 Å². The van der Waals surface area contributed by atoms with Gasteiger partial charge in [0.1, 0.15) is 9.21 Å². The summed E-state index contributed by atoms with van der Waals surface area (Å²) in [4.78, 5) is 4.24. The molecule has 0 saturated heterocycles. The summed E-state index contributed by atoms with van der Waals surface area (Å²) in [7, 11) is -3.71. The van der Waals surface area contributed by atoms with Crippen molar-refractivity contribution in [2.75, 3.05) is 5.32 Å².